The molecule has 0 saturated carbocycles. The van der Waals surface area contributed by atoms with Crippen LogP contribution in [0.2, 0.25) is 0 Å². The van der Waals surface area contributed by atoms with E-state index >= 15 is 0 Å². The van der Waals surface area contributed by atoms with Crippen LogP contribution in [0.3, 0.4) is 0 Å². The molecule has 1 aliphatic heterocycles. The van der Waals surface area contributed by atoms with Crippen molar-refractivity contribution in [1.82, 2.24) is 0 Å². The van der Waals surface area contributed by atoms with E-state index in [1.807, 2.05) is 24.3 Å². The Kier molecular flexibility index (Phi) is 6.74. The zero-order valence-electron chi connectivity index (χ0n) is 17.9. The summed E-state index contributed by atoms with van der Waals surface area (Å²) in [5.41, 5.74) is 1.55. The highest BCUT2D eigenvalue weighted by molar-refractivity contribution is 7.91. The molecule has 0 spiro atoms. The second kappa shape index (κ2) is 9.87. The number of nitrogens with zero attached hydrogens (tertiary/aromatic N) is 1. The van der Waals surface area contributed by atoms with Gasteiger partial charge in [0.05, 0.1) is 23.1 Å². The topological polar surface area (TPSA) is 92.8 Å². The molecule has 33 heavy (non-hydrogen) atoms. The number of ether oxygens (including phenoxy) is 1. The van der Waals surface area contributed by atoms with Gasteiger partial charge in [-0.15, -0.1) is 0 Å². The minimum Gasteiger partial charge on any atom is -0.483 e. The van der Waals surface area contributed by atoms with E-state index in [9.17, 15) is 18.0 Å². The third kappa shape index (κ3) is 5.59. The molecular weight excluding hydrogens is 440 g/mol. The molecule has 0 aromatic heterocycles. The highest BCUT2D eigenvalue weighted by Gasteiger charge is 2.35. The maximum Gasteiger partial charge on any atom is 0.265 e. The summed E-state index contributed by atoms with van der Waals surface area (Å²) in [6.07, 6.45) is 0.374. The summed E-state index contributed by atoms with van der Waals surface area (Å²) in [5, 5.41) is 2.81. The summed E-state index contributed by atoms with van der Waals surface area (Å²) in [5.74, 6) is -0.486. The Bertz CT molecular complexity index is 1230. The number of carbonyl (C=O) groups is 2. The van der Waals surface area contributed by atoms with Crippen LogP contribution in [0.15, 0.2) is 84.9 Å². The molecule has 1 atom stereocenters. The number of rotatable bonds is 7. The van der Waals surface area contributed by atoms with Crippen molar-refractivity contribution >= 4 is 33.0 Å². The fourth-order valence-electron chi connectivity index (χ4n) is 3.84. The molecule has 0 aliphatic carbocycles. The molecule has 1 N–H and O–H groups in total. The van der Waals surface area contributed by atoms with E-state index in [0.717, 1.165) is 0 Å². The van der Waals surface area contributed by atoms with Gasteiger partial charge in [-0.25, -0.2) is 8.42 Å². The highest BCUT2D eigenvalue weighted by atomic mass is 32.2. The Morgan fingerprint density at radius 2 is 1.55 bits per heavy atom. The molecule has 3 aromatic rings. The van der Waals surface area contributed by atoms with Crippen molar-refractivity contribution < 1.29 is 22.7 Å². The van der Waals surface area contributed by atoms with Crippen LogP contribution < -0.4 is 15.0 Å². The van der Waals surface area contributed by atoms with E-state index in [1.54, 1.807) is 60.7 Å². The maximum absolute atomic E-state index is 13.2. The van der Waals surface area contributed by atoms with E-state index < -0.39 is 15.9 Å². The lowest BCUT2D eigenvalue weighted by Crippen LogP contribution is -2.44. The molecular formula is C25H24N2O5S. The van der Waals surface area contributed by atoms with Crippen molar-refractivity contribution in [3.8, 4) is 5.75 Å². The molecule has 170 valence electrons. The zero-order chi connectivity index (χ0) is 23.3. The Morgan fingerprint density at radius 1 is 0.909 bits per heavy atom. The number of sulfone groups is 1. The molecule has 0 radical (unpaired) electrons. The Hall–Kier alpha value is -3.65. The first-order valence-electron chi connectivity index (χ1n) is 10.6. The summed E-state index contributed by atoms with van der Waals surface area (Å²) < 4.78 is 29.8. The normalized spacial score (nSPS) is 16.7. The summed E-state index contributed by atoms with van der Waals surface area (Å²) in [7, 11) is -3.18. The van der Waals surface area contributed by atoms with Gasteiger partial charge in [-0.1, -0.05) is 48.5 Å². The van der Waals surface area contributed by atoms with Crippen LogP contribution in [0.5, 0.6) is 5.75 Å². The van der Waals surface area contributed by atoms with Gasteiger partial charge in [-0.05, 0) is 42.8 Å². The van der Waals surface area contributed by atoms with E-state index in [2.05, 4.69) is 5.32 Å². The van der Waals surface area contributed by atoms with Crippen LogP contribution in [-0.2, 0) is 14.6 Å². The fourth-order valence-corrected chi connectivity index (χ4v) is 5.53. The van der Waals surface area contributed by atoms with Gasteiger partial charge in [-0.3, -0.25) is 9.59 Å². The number of amides is 2. The lowest BCUT2D eigenvalue weighted by atomic mass is 10.1. The van der Waals surface area contributed by atoms with Crippen molar-refractivity contribution in [3.05, 3.63) is 90.5 Å². The van der Waals surface area contributed by atoms with Crippen molar-refractivity contribution in [2.45, 2.75) is 12.5 Å². The Labute approximate surface area is 192 Å². The maximum atomic E-state index is 13.2. The highest BCUT2D eigenvalue weighted by Crippen LogP contribution is 2.25. The van der Waals surface area contributed by atoms with Crippen molar-refractivity contribution in [3.63, 3.8) is 0 Å². The van der Waals surface area contributed by atoms with Gasteiger partial charge in [0.1, 0.15) is 5.75 Å². The molecule has 1 fully saturated rings. The predicted molar refractivity (Wildman–Crippen MR) is 127 cm³/mol. The summed E-state index contributed by atoms with van der Waals surface area (Å²) in [6, 6.07) is 24.2. The first kappa shape index (κ1) is 22.5. The zero-order valence-corrected chi connectivity index (χ0v) is 18.7. The Balaban J connectivity index is 1.51. The number of nitrogens with one attached hydrogen (secondary N) is 1. The molecule has 7 nitrogen and oxygen atoms in total. The molecule has 1 saturated heterocycles. The lowest BCUT2D eigenvalue weighted by Gasteiger charge is -2.28. The first-order valence-corrected chi connectivity index (χ1v) is 12.4. The molecule has 1 unspecified atom stereocenters. The summed E-state index contributed by atoms with van der Waals surface area (Å²) in [4.78, 5) is 27.5. The van der Waals surface area contributed by atoms with Crippen molar-refractivity contribution in [2.24, 2.45) is 0 Å². The standard InChI is InChI=1S/C25H24N2O5S/c28-24(27(20-11-5-2-6-12-20)21-15-16-33(30,31)18-21)17-32-23-14-8-7-13-22(23)25(29)26-19-9-3-1-4-10-19/h1-14,21H,15-18H2,(H,26,29). The van der Waals surface area contributed by atoms with Crippen molar-refractivity contribution in [1.29, 1.82) is 0 Å². The van der Waals surface area contributed by atoms with Crippen LogP contribution in [-0.4, -0.2) is 44.4 Å². The average Bonchev–Trinajstić information content (AvgIpc) is 3.18. The van der Waals surface area contributed by atoms with Gasteiger partial charge in [0.15, 0.2) is 16.4 Å². The van der Waals surface area contributed by atoms with E-state index in [0.29, 0.717) is 23.4 Å². The second-order valence-electron chi connectivity index (χ2n) is 7.76. The van der Waals surface area contributed by atoms with E-state index in [1.165, 1.54) is 4.90 Å². The van der Waals surface area contributed by atoms with Gasteiger partial charge in [0.2, 0.25) is 0 Å². The van der Waals surface area contributed by atoms with Crippen LogP contribution >= 0.6 is 0 Å². The van der Waals surface area contributed by atoms with Gasteiger partial charge in [-0.2, -0.15) is 0 Å². The van der Waals surface area contributed by atoms with Gasteiger partial charge >= 0.3 is 0 Å². The van der Waals surface area contributed by atoms with Gasteiger partial charge < -0.3 is 15.0 Å². The molecule has 3 aromatic carbocycles. The van der Waals surface area contributed by atoms with Crippen molar-refractivity contribution in [2.75, 3.05) is 28.3 Å². The minimum absolute atomic E-state index is 0.0532. The third-order valence-corrected chi connectivity index (χ3v) is 7.14. The molecule has 1 heterocycles. The minimum atomic E-state index is -3.18. The monoisotopic (exact) mass is 464 g/mol. The second-order valence-corrected chi connectivity index (χ2v) is 9.99. The molecule has 1 aliphatic rings. The number of hydrogen-bond donors (Lipinski definition) is 1. The summed E-state index contributed by atoms with van der Waals surface area (Å²) in [6.45, 7) is -0.332. The quantitative estimate of drug-likeness (QED) is 0.577. The molecule has 0 bridgehead atoms. The van der Waals surface area contributed by atoms with Crippen LogP contribution in [0, 0.1) is 0 Å². The van der Waals surface area contributed by atoms with Crippen LogP contribution in [0.25, 0.3) is 0 Å². The number of anilines is 2. The smallest absolute Gasteiger partial charge is 0.265 e. The van der Waals surface area contributed by atoms with E-state index in [-0.39, 0.29) is 35.7 Å². The number of hydrogen-bond acceptors (Lipinski definition) is 5. The van der Waals surface area contributed by atoms with Crippen LogP contribution in [0.4, 0.5) is 11.4 Å². The number of benzene rings is 3. The summed E-state index contributed by atoms with van der Waals surface area (Å²) >= 11 is 0. The SMILES string of the molecule is O=C(Nc1ccccc1)c1ccccc1OCC(=O)N(c1ccccc1)C1CCS(=O)(=O)C1. The van der Waals surface area contributed by atoms with Crippen LogP contribution in [0.1, 0.15) is 16.8 Å². The number of para-hydroxylation sites is 3. The average molecular weight is 465 g/mol. The fraction of sp³-hybridized carbons (Fsp3) is 0.200. The predicted octanol–water partition coefficient (Wildman–Crippen LogP) is 3.54. The number of carbonyl (C=O) groups excluding carboxylic acids is 2. The van der Waals surface area contributed by atoms with Gasteiger partial charge in [0, 0.05) is 11.4 Å². The third-order valence-electron chi connectivity index (χ3n) is 5.39. The molecule has 4 rings (SSSR count). The first-order chi connectivity index (χ1) is 15.9. The van der Waals surface area contributed by atoms with E-state index in [4.69, 9.17) is 4.74 Å². The molecule has 8 heteroatoms. The molecule has 2 amide bonds. The largest absolute Gasteiger partial charge is 0.483 e. The Morgan fingerprint density at radius 3 is 2.21 bits per heavy atom. The lowest BCUT2D eigenvalue weighted by molar-refractivity contribution is -0.121. The van der Waals surface area contributed by atoms with Gasteiger partial charge in [0.25, 0.3) is 11.8 Å².